The minimum absolute atomic E-state index is 0.623. The van der Waals surface area contributed by atoms with Gasteiger partial charge in [0.1, 0.15) is 4.99 Å². The fourth-order valence-corrected chi connectivity index (χ4v) is 2.89. The number of benzene rings is 1. The molecule has 0 radical (unpaired) electrons. The van der Waals surface area contributed by atoms with Crippen molar-refractivity contribution in [1.82, 2.24) is 4.90 Å². The van der Waals surface area contributed by atoms with Crippen LogP contribution in [0.1, 0.15) is 39.2 Å². The van der Waals surface area contributed by atoms with Crippen molar-refractivity contribution in [3.63, 3.8) is 0 Å². The first-order valence-electron chi connectivity index (χ1n) is 7.84. The van der Waals surface area contributed by atoms with E-state index in [1.807, 2.05) is 32.0 Å². The molecule has 0 aromatic heterocycles. The molecular formula is C17H25NO2S. The van der Waals surface area contributed by atoms with E-state index in [0.29, 0.717) is 13.2 Å². The maximum absolute atomic E-state index is 5.68. The topological polar surface area (TPSA) is 21.7 Å². The SMILES string of the molecule is CCOc1ccc(C(=S)N2CCC(C)CC2)cc1OCC. The van der Waals surface area contributed by atoms with Crippen molar-refractivity contribution in [1.29, 1.82) is 0 Å². The Balaban J connectivity index is 2.15. The molecule has 0 spiro atoms. The molecule has 0 N–H and O–H groups in total. The van der Waals surface area contributed by atoms with Gasteiger partial charge in [-0.15, -0.1) is 0 Å². The Morgan fingerprint density at radius 3 is 2.38 bits per heavy atom. The van der Waals surface area contributed by atoms with E-state index in [-0.39, 0.29) is 0 Å². The van der Waals surface area contributed by atoms with Gasteiger partial charge < -0.3 is 14.4 Å². The summed E-state index contributed by atoms with van der Waals surface area (Å²) < 4.78 is 11.3. The van der Waals surface area contributed by atoms with Gasteiger partial charge in [-0.25, -0.2) is 0 Å². The van der Waals surface area contributed by atoms with Crippen molar-refractivity contribution in [2.45, 2.75) is 33.6 Å². The van der Waals surface area contributed by atoms with Gasteiger partial charge in [-0.1, -0.05) is 19.1 Å². The summed E-state index contributed by atoms with van der Waals surface area (Å²) in [5.41, 5.74) is 1.05. The van der Waals surface area contributed by atoms with Crippen LogP contribution in [-0.2, 0) is 0 Å². The lowest BCUT2D eigenvalue weighted by Gasteiger charge is -2.32. The third-order valence-electron chi connectivity index (χ3n) is 3.86. The van der Waals surface area contributed by atoms with Crippen LogP contribution in [0, 0.1) is 5.92 Å². The molecule has 1 aromatic carbocycles. The van der Waals surface area contributed by atoms with Crippen molar-refractivity contribution in [3.05, 3.63) is 23.8 Å². The molecule has 116 valence electrons. The third kappa shape index (κ3) is 4.10. The predicted molar refractivity (Wildman–Crippen MR) is 90.5 cm³/mol. The van der Waals surface area contributed by atoms with Crippen LogP contribution in [0.2, 0.25) is 0 Å². The molecule has 1 saturated heterocycles. The Morgan fingerprint density at radius 1 is 1.14 bits per heavy atom. The zero-order chi connectivity index (χ0) is 15.2. The Kier molecular flexibility index (Phi) is 5.85. The van der Waals surface area contributed by atoms with Crippen LogP contribution in [0.3, 0.4) is 0 Å². The van der Waals surface area contributed by atoms with Crippen LogP contribution in [0.5, 0.6) is 11.5 Å². The van der Waals surface area contributed by atoms with E-state index in [1.54, 1.807) is 0 Å². The Bertz CT molecular complexity index is 482. The summed E-state index contributed by atoms with van der Waals surface area (Å²) in [5, 5.41) is 0. The lowest BCUT2D eigenvalue weighted by molar-refractivity contribution is 0.282. The van der Waals surface area contributed by atoms with Gasteiger partial charge in [-0.3, -0.25) is 0 Å². The summed E-state index contributed by atoms with van der Waals surface area (Å²) in [7, 11) is 0. The van der Waals surface area contributed by atoms with Crippen LogP contribution in [-0.4, -0.2) is 36.2 Å². The molecule has 1 heterocycles. The summed E-state index contributed by atoms with van der Waals surface area (Å²) in [6.07, 6.45) is 2.44. The largest absolute Gasteiger partial charge is 0.490 e. The monoisotopic (exact) mass is 307 g/mol. The van der Waals surface area contributed by atoms with E-state index >= 15 is 0 Å². The van der Waals surface area contributed by atoms with Crippen LogP contribution in [0.15, 0.2) is 18.2 Å². The highest BCUT2D eigenvalue weighted by Gasteiger charge is 2.19. The molecule has 0 aliphatic carbocycles. The molecule has 0 bridgehead atoms. The molecule has 1 fully saturated rings. The summed E-state index contributed by atoms with van der Waals surface area (Å²) >= 11 is 5.66. The number of thiocarbonyl (C=S) groups is 1. The average molecular weight is 307 g/mol. The van der Waals surface area contributed by atoms with Gasteiger partial charge in [-0.05, 0) is 50.8 Å². The maximum atomic E-state index is 5.68. The summed E-state index contributed by atoms with van der Waals surface area (Å²) in [6.45, 7) is 9.63. The zero-order valence-corrected chi connectivity index (χ0v) is 14.0. The van der Waals surface area contributed by atoms with Gasteiger partial charge in [0.25, 0.3) is 0 Å². The molecule has 0 amide bonds. The smallest absolute Gasteiger partial charge is 0.161 e. The lowest BCUT2D eigenvalue weighted by Crippen LogP contribution is -2.37. The van der Waals surface area contributed by atoms with E-state index in [0.717, 1.165) is 41.1 Å². The van der Waals surface area contributed by atoms with E-state index in [2.05, 4.69) is 11.8 Å². The molecule has 1 aromatic rings. The quantitative estimate of drug-likeness (QED) is 0.769. The van der Waals surface area contributed by atoms with Gasteiger partial charge in [-0.2, -0.15) is 0 Å². The molecule has 3 nitrogen and oxygen atoms in total. The number of likely N-dealkylation sites (tertiary alicyclic amines) is 1. The summed E-state index contributed by atoms with van der Waals surface area (Å²) in [5.74, 6) is 2.38. The average Bonchev–Trinajstić information content (AvgIpc) is 2.49. The Labute approximate surface area is 133 Å². The summed E-state index contributed by atoms with van der Waals surface area (Å²) in [6, 6.07) is 6.01. The zero-order valence-electron chi connectivity index (χ0n) is 13.2. The Hall–Kier alpha value is -1.29. The predicted octanol–water partition coefficient (Wildman–Crippen LogP) is 3.89. The standard InChI is InChI=1S/C17H25NO2S/c1-4-19-15-7-6-14(12-16(15)20-5-2)17(21)18-10-8-13(3)9-11-18/h6-7,12-13H,4-5,8-11H2,1-3H3. The maximum Gasteiger partial charge on any atom is 0.161 e. The van der Waals surface area contributed by atoms with Gasteiger partial charge in [0.2, 0.25) is 0 Å². The number of rotatable bonds is 5. The van der Waals surface area contributed by atoms with Crippen molar-refractivity contribution >= 4 is 17.2 Å². The Morgan fingerprint density at radius 2 is 1.76 bits per heavy atom. The molecule has 2 rings (SSSR count). The minimum Gasteiger partial charge on any atom is -0.490 e. The summed E-state index contributed by atoms with van der Waals surface area (Å²) in [4.78, 5) is 3.23. The van der Waals surface area contributed by atoms with Crippen molar-refractivity contribution in [3.8, 4) is 11.5 Å². The van der Waals surface area contributed by atoms with Crippen LogP contribution in [0.4, 0.5) is 0 Å². The first-order valence-corrected chi connectivity index (χ1v) is 8.25. The van der Waals surface area contributed by atoms with Crippen molar-refractivity contribution in [2.75, 3.05) is 26.3 Å². The highest BCUT2D eigenvalue weighted by molar-refractivity contribution is 7.80. The number of piperidine rings is 1. The fourth-order valence-electron chi connectivity index (χ4n) is 2.58. The van der Waals surface area contributed by atoms with Gasteiger partial charge in [0.15, 0.2) is 11.5 Å². The van der Waals surface area contributed by atoms with E-state index < -0.39 is 0 Å². The molecular weight excluding hydrogens is 282 g/mol. The third-order valence-corrected chi connectivity index (χ3v) is 4.36. The number of hydrogen-bond acceptors (Lipinski definition) is 3. The fraction of sp³-hybridized carbons (Fsp3) is 0.588. The van der Waals surface area contributed by atoms with Crippen LogP contribution >= 0.6 is 12.2 Å². The van der Waals surface area contributed by atoms with Crippen LogP contribution in [0.25, 0.3) is 0 Å². The molecule has 0 unspecified atom stereocenters. The van der Waals surface area contributed by atoms with E-state index in [1.165, 1.54) is 12.8 Å². The minimum atomic E-state index is 0.623. The van der Waals surface area contributed by atoms with Gasteiger partial charge in [0, 0.05) is 18.7 Å². The number of ether oxygens (including phenoxy) is 2. The van der Waals surface area contributed by atoms with Crippen molar-refractivity contribution in [2.24, 2.45) is 5.92 Å². The molecule has 4 heteroatoms. The first-order chi connectivity index (χ1) is 10.2. The number of hydrogen-bond donors (Lipinski definition) is 0. The molecule has 1 aliphatic heterocycles. The first kappa shape index (κ1) is 16.1. The van der Waals surface area contributed by atoms with E-state index in [9.17, 15) is 0 Å². The number of nitrogens with zero attached hydrogens (tertiary/aromatic N) is 1. The second-order valence-electron chi connectivity index (χ2n) is 5.50. The second-order valence-corrected chi connectivity index (χ2v) is 5.89. The highest BCUT2D eigenvalue weighted by Crippen LogP contribution is 2.30. The normalized spacial score (nSPS) is 15.9. The molecule has 0 atom stereocenters. The molecule has 0 saturated carbocycles. The second kappa shape index (κ2) is 7.64. The van der Waals surface area contributed by atoms with Gasteiger partial charge in [0.05, 0.1) is 13.2 Å². The molecule has 21 heavy (non-hydrogen) atoms. The van der Waals surface area contributed by atoms with Gasteiger partial charge >= 0.3 is 0 Å². The van der Waals surface area contributed by atoms with E-state index in [4.69, 9.17) is 21.7 Å². The molecule has 1 aliphatic rings. The van der Waals surface area contributed by atoms with Crippen LogP contribution < -0.4 is 9.47 Å². The highest BCUT2D eigenvalue weighted by atomic mass is 32.1. The van der Waals surface area contributed by atoms with Crippen molar-refractivity contribution < 1.29 is 9.47 Å². The lowest BCUT2D eigenvalue weighted by atomic mass is 9.99.